The number of rotatable bonds is 2. The summed E-state index contributed by atoms with van der Waals surface area (Å²) in [7, 11) is 0. The van der Waals surface area contributed by atoms with Crippen LogP contribution in [0.15, 0.2) is 18.2 Å². The van der Waals surface area contributed by atoms with Crippen molar-refractivity contribution >= 4 is 0 Å². The van der Waals surface area contributed by atoms with E-state index in [0.29, 0.717) is 0 Å². The van der Waals surface area contributed by atoms with Gasteiger partial charge in [-0.25, -0.2) is 0 Å². The summed E-state index contributed by atoms with van der Waals surface area (Å²) >= 11 is 0. The van der Waals surface area contributed by atoms with Crippen molar-refractivity contribution in [3.8, 4) is 0 Å². The van der Waals surface area contributed by atoms with Gasteiger partial charge in [-0.05, 0) is 37.3 Å². The summed E-state index contributed by atoms with van der Waals surface area (Å²) in [5.41, 5.74) is 4.30. The quantitative estimate of drug-likeness (QED) is 0.595. The van der Waals surface area contributed by atoms with Gasteiger partial charge >= 0.3 is 0 Å². The molecule has 0 amide bonds. The summed E-state index contributed by atoms with van der Waals surface area (Å²) < 4.78 is 0. The predicted molar refractivity (Wildman–Crippen MR) is 81.8 cm³/mol. The topological polar surface area (TPSA) is 0 Å². The lowest BCUT2D eigenvalue weighted by Crippen LogP contribution is -1.96. The molecular weight excluding hydrogens is 204 g/mol. The zero-order valence-corrected chi connectivity index (χ0v) is 13.2. The van der Waals surface area contributed by atoms with E-state index in [1.165, 1.54) is 29.5 Å². The molecule has 0 fully saturated rings. The predicted octanol–water partition coefficient (Wildman–Crippen LogP) is 5.94. The zero-order chi connectivity index (χ0) is 13.8. The van der Waals surface area contributed by atoms with Crippen LogP contribution in [-0.2, 0) is 6.42 Å². The van der Waals surface area contributed by atoms with Crippen molar-refractivity contribution in [1.29, 1.82) is 0 Å². The maximum Gasteiger partial charge on any atom is -0.0253 e. The molecule has 17 heavy (non-hydrogen) atoms. The van der Waals surface area contributed by atoms with Crippen molar-refractivity contribution in [3.05, 3.63) is 34.9 Å². The molecule has 1 aromatic carbocycles. The monoisotopic (exact) mass is 236 g/mol. The van der Waals surface area contributed by atoms with Crippen molar-refractivity contribution in [2.24, 2.45) is 5.92 Å². The molecule has 0 saturated carbocycles. The average Bonchev–Trinajstić information content (AvgIpc) is 2.27. The second-order valence-corrected chi connectivity index (χ2v) is 4.74. The second-order valence-electron chi connectivity index (χ2n) is 4.74. The highest BCUT2D eigenvalue weighted by atomic mass is 14.1. The maximum absolute atomic E-state index is 2.30. The van der Waals surface area contributed by atoms with Gasteiger partial charge in [-0.3, -0.25) is 0 Å². The fourth-order valence-electron chi connectivity index (χ4n) is 1.46. The molecule has 1 aromatic rings. The number of benzene rings is 1. The Labute approximate surface area is 109 Å². The number of aryl methyl sites for hydroxylation is 2. The van der Waals surface area contributed by atoms with Gasteiger partial charge in [-0.1, -0.05) is 71.7 Å². The summed E-state index contributed by atoms with van der Waals surface area (Å²) in [6.45, 7) is 17.1. The second kappa shape index (κ2) is 11.7. The van der Waals surface area contributed by atoms with Crippen LogP contribution in [0.1, 0.15) is 64.7 Å². The molecule has 0 unspecified atom stereocenters. The Morgan fingerprint density at radius 2 is 1.47 bits per heavy atom. The van der Waals surface area contributed by atoms with Crippen LogP contribution in [0.3, 0.4) is 0 Å². The molecule has 0 nitrogen and oxygen atoms in total. The van der Waals surface area contributed by atoms with Crippen LogP contribution in [0.4, 0.5) is 0 Å². The van der Waals surface area contributed by atoms with Crippen LogP contribution in [-0.4, -0.2) is 0 Å². The number of hydrogen-bond acceptors (Lipinski definition) is 0. The molecule has 0 bridgehead atoms. The lowest BCUT2D eigenvalue weighted by molar-refractivity contribution is 0.644. The Morgan fingerprint density at radius 3 is 1.88 bits per heavy atom. The van der Waals surface area contributed by atoms with E-state index in [4.69, 9.17) is 0 Å². The largest absolute Gasteiger partial charge is 0.0683 e. The van der Waals surface area contributed by atoms with Gasteiger partial charge in [0.05, 0.1) is 0 Å². The van der Waals surface area contributed by atoms with Crippen LogP contribution in [0.2, 0.25) is 0 Å². The van der Waals surface area contributed by atoms with Crippen molar-refractivity contribution < 1.29 is 0 Å². The first-order valence-electron chi connectivity index (χ1n) is 7.07. The van der Waals surface area contributed by atoms with Crippen LogP contribution in [0, 0.1) is 19.8 Å². The molecule has 0 heterocycles. The fraction of sp³-hybridized carbons (Fsp3) is 0.647. The van der Waals surface area contributed by atoms with Crippen molar-refractivity contribution in [1.82, 2.24) is 0 Å². The standard InChI is InChI=1S/C12H18.C3H8.C2H6/c1-9(2)7-12-8-10(3)5-6-11(12)4;1-3-2;1-2/h5-6,8-9H,7H2,1-4H3;3H2,1-2H3;1-2H3. The first-order chi connectivity index (χ1) is 8.01. The van der Waals surface area contributed by atoms with Crippen LogP contribution < -0.4 is 0 Å². The molecular formula is C17H32. The molecule has 0 aliphatic rings. The minimum Gasteiger partial charge on any atom is -0.0683 e. The molecule has 0 radical (unpaired) electrons. The number of hydrogen-bond donors (Lipinski definition) is 0. The van der Waals surface area contributed by atoms with E-state index in [1.807, 2.05) is 13.8 Å². The lowest BCUT2D eigenvalue weighted by Gasteiger charge is -2.09. The average molecular weight is 236 g/mol. The molecule has 0 heteroatoms. The fourth-order valence-corrected chi connectivity index (χ4v) is 1.46. The van der Waals surface area contributed by atoms with E-state index < -0.39 is 0 Å². The third-order valence-electron chi connectivity index (χ3n) is 2.13. The molecule has 0 saturated heterocycles. The van der Waals surface area contributed by atoms with Gasteiger partial charge in [-0.15, -0.1) is 0 Å². The molecule has 1 rings (SSSR count). The Morgan fingerprint density at radius 1 is 1.00 bits per heavy atom. The highest BCUT2D eigenvalue weighted by Crippen LogP contribution is 2.14. The molecule has 0 aromatic heterocycles. The van der Waals surface area contributed by atoms with E-state index in [-0.39, 0.29) is 0 Å². The van der Waals surface area contributed by atoms with Gasteiger partial charge in [0.1, 0.15) is 0 Å². The van der Waals surface area contributed by atoms with E-state index >= 15 is 0 Å². The first kappa shape index (κ1) is 18.6. The van der Waals surface area contributed by atoms with Crippen molar-refractivity contribution in [3.63, 3.8) is 0 Å². The van der Waals surface area contributed by atoms with Crippen molar-refractivity contribution in [2.75, 3.05) is 0 Å². The van der Waals surface area contributed by atoms with E-state index in [2.05, 4.69) is 59.7 Å². The Kier molecular flexibility index (Phi) is 12.8. The van der Waals surface area contributed by atoms with Gasteiger partial charge in [0, 0.05) is 0 Å². The van der Waals surface area contributed by atoms with E-state index in [9.17, 15) is 0 Å². The molecule has 0 aliphatic carbocycles. The van der Waals surface area contributed by atoms with E-state index in [1.54, 1.807) is 0 Å². The summed E-state index contributed by atoms with van der Waals surface area (Å²) in [6, 6.07) is 6.70. The maximum atomic E-state index is 2.30. The smallest absolute Gasteiger partial charge is 0.0253 e. The van der Waals surface area contributed by atoms with Gasteiger partial charge in [0.15, 0.2) is 0 Å². The van der Waals surface area contributed by atoms with Crippen LogP contribution in [0.5, 0.6) is 0 Å². The molecule has 0 aliphatic heterocycles. The van der Waals surface area contributed by atoms with Gasteiger partial charge < -0.3 is 0 Å². The molecule has 100 valence electrons. The summed E-state index contributed by atoms with van der Waals surface area (Å²) in [5, 5.41) is 0. The minimum atomic E-state index is 0.755. The van der Waals surface area contributed by atoms with Gasteiger partial charge in [-0.2, -0.15) is 0 Å². The highest BCUT2D eigenvalue weighted by Gasteiger charge is 2.00. The Balaban J connectivity index is 0. The Bertz CT molecular complexity index is 271. The summed E-state index contributed by atoms with van der Waals surface area (Å²) in [4.78, 5) is 0. The minimum absolute atomic E-state index is 0.755. The summed E-state index contributed by atoms with van der Waals surface area (Å²) in [5.74, 6) is 0.755. The van der Waals surface area contributed by atoms with Gasteiger partial charge in [0.2, 0.25) is 0 Å². The first-order valence-corrected chi connectivity index (χ1v) is 7.07. The highest BCUT2D eigenvalue weighted by molar-refractivity contribution is 5.30. The third kappa shape index (κ3) is 10.1. The van der Waals surface area contributed by atoms with E-state index in [0.717, 1.165) is 5.92 Å². The van der Waals surface area contributed by atoms with Crippen LogP contribution in [0.25, 0.3) is 0 Å². The normalized spacial score (nSPS) is 9.00. The Hall–Kier alpha value is -0.780. The third-order valence-corrected chi connectivity index (χ3v) is 2.13. The molecule has 0 atom stereocenters. The SMILES string of the molecule is CC.CCC.Cc1ccc(C)c(CC(C)C)c1. The summed E-state index contributed by atoms with van der Waals surface area (Å²) in [6.07, 6.45) is 2.45. The molecule has 0 N–H and O–H groups in total. The lowest BCUT2D eigenvalue weighted by atomic mass is 9.97. The van der Waals surface area contributed by atoms with Crippen LogP contribution >= 0.6 is 0 Å². The van der Waals surface area contributed by atoms with Crippen molar-refractivity contribution in [2.45, 2.75) is 68.2 Å². The molecule has 0 spiro atoms. The van der Waals surface area contributed by atoms with Gasteiger partial charge in [0.25, 0.3) is 0 Å². The zero-order valence-electron chi connectivity index (χ0n) is 13.2.